The van der Waals surface area contributed by atoms with Crippen molar-refractivity contribution in [2.45, 2.75) is 25.9 Å². The highest BCUT2D eigenvalue weighted by Gasteiger charge is 2.02. The fourth-order valence-electron chi connectivity index (χ4n) is 1.61. The molecule has 5 heteroatoms. The van der Waals surface area contributed by atoms with Crippen LogP contribution < -0.4 is 5.32 Å². The van der Waals surface area contributed by atoms with Crippen molar-refractivity contribution in [1.82, 2.24) is 20.1 Å². The Morgan fingerprint density at radius 1 is 1.56 bits per heavy atom. The summed E-state index contributed by atoms with van der Waals surface area (Å²) in [4.78, 5) is 3.91. The van der Waals surface area contributed by atoms with E-state index in [0.717, 1.165) is 19.5 Å². The van der Waals surface area contributed by atoms with Gasteiger partial charge in [0.25, 0.3) is 0 Å². The first-order valence-corrected chi connectivity index (χ1v) is 6.36. The predicted octanol–water partition coefficient (Wildman–Crippen LogP) is 1.56. The second kappa shape index (κ2) is 5.77. The van der Waals surface area contributed by atoms with Crippen LogP contribution in [0.15, 0.2) is 29.5 Å². The highest BCUT2D eigenvalue weighted by Crippen LogP contribution is 2.08. The van der Waals surface area contributed by atoms with Gasteiger partial charge in [-0.15, -0.1) is 0 Å². The maximum Gasteiger partial charge on any atom is 0.137 e. The fraction of sp³-hybridized carbons (Fsp3) is 0.455. The molecule has 86 valence electrons. The molecule has 2 heterocycles. The Hall–Kier alpha value is -1.20. The quantitative estimate of drug-likeness (QED) is 0.827. The van der Waals surface area contributed by atoms with Gasteiger partial charge in [0.05, 0.1) is 6.54 Å². The van der Waals surface area contributed by atoms with E-state index in [4.69, 9.17) is 0 Å². The van der Waals surface area contributed by atoms with Crippen molar-refractivity contribution in [3.8, 4) is 0 Å². The highest BCUT2D eigenvalue weighted by atomic mass is 32.1. The number of rotatable bonds is 6. The van der Waals surface area contributed by atoms with Gasteiger partial charge in [-0.05, 0) is 35.7 Å². The molecule has 0 aliphatic rings. The van der Waals surface area contributed by atoms with E-state index in [1.807, 2.05) is 4.68 Å². The van der Waals surface area contributed by atoms with E-state index in [-0.39, 0.29) is 0 Å². The molecule has 0 spiro atoms. The molecule has 2 aromatic rings. The zero-order valence-electron chi connectivity index (χ0n) is 9.34. The number of nitrogens with zero attached hydrogens (tertiary/aromatic N) is 3. The third-order valence-corrected chi connectivity index (χ3v) is 3.15. The second-order valence-corrected chi connectivity index (χ2v) is 4.63. The molecule has 2 rings (SSSR count). The minimum absolute atomic E-state index is 0.498. The third-order valence-electron chi connectivity index (χ3n) is 2.42. The Kier molecular flexibility index (Phi) is 4.07. The van der Waals surface area contributed by atoms with Gasteiger partial charge in [0, 0.05) is 12.6 Å². The molecular formula is C11H16N4S. The van der Waals surface area contributed by atoms with Crippen molar-refractivity contribution >= 4 is 11.3 Å². The summed E-state index contributed by atoms with van der Waals surface area (Å²) < 4.78 is 1.84. The molecule has 16 heavy (non-hydrogen) atoms. The van der Waals surface area contributed by atoms with Crippen LogP contribution in [0.1, 0.15) is 12.5 Å². The topological polar surface area (TPSA) is 42.7 Å². The van der Waals surface area contributed by atoms with Gasteiger partial charge in [-0.3, -0.25) is 4.68 Å². The van der Waals surface area contributed by atoms with E-state index in [9.17, 15) is 0 Å². The Morgan fingerprint density at radius 3 is 3.19 bits per heavy atom. The third kappa shape index (κ3) is 3.43. The summed E-state index contributed by atoms with van der Waals surface area (Å²) in [5, 5.41) is 11.9. The monoisotopic (exact) mass is 236 g/mol. The lowest BCUT2D eigenvalue weighted by molar-refractivity contribution is 0.493. The average molecular weight is 236 g/mol. The molecule has 0 amide bonds. The molecule has 1 unspecified atom stereocenters. The van der Waals surface area contributed by atoms with Gasteiger partial charge in [-0.1, -0.05) is 0 Å². The van der Waals surface area contributed by atoms with E-state index in [2.05, 4.69) is 39.1 Å². The largest absolute Gasteiger partial charge is 0.312 e. The zero-order chi connectivity index (χ0) is 11.2. The van der Waals surface area contributed by atoms with Crippen LogP contribution in [0.2, 0.25) is 0 Å². The molecule has 0 saturated carbocycles. The lowest BCUT2D eigenvalue weighted by Gasteiger charge is -2.12. The van der Waals surface area contributed by atoms with Crippen LogP contribution in [0.4, 0.5) is 0 Å². The summed E-state index contributed by atoms with van der Waals surface area (Å²) in [6, 6.07) is 2.68. The van der Waals surface area contributed by atoms with Crippen molar-refractivity contribution in [1.29, 1.82) is 0 Å². The van der Waals surface area contributed by atoms with Gasteiger partial charge < -0.3 is 5.32 Å². The van der Waals surface area contributed by atoms with Gasteiger partial charge in [-0.25, -0.2) is 4.98 Å². The van der Waals surface area contributed by atoms with Crippen LogP contribution in [0.3, 0.4) is 0 Å². The van der Waals surface area contributed by atoms with E-state index in [0.29, 0.717) is 6.04 Å². The summed E-state index contributed by atoms with van der Waals surface area (Å²) in [5.41, 5.74) is 1.41. The SMILES string of the molecule is CC(Cc1ccsc1)NCCn1cncn1. The van der Waals surface area contributed by atoms with E-state index in [1.165, 1.54) is 5.56 Å². The van der Waals surface area contributed by atoms with E-state index in [1.54, 1.807) is 24.0 Å². The maximum absolute atomic E-state index is 4.06. The molecule has 1 atom stereocenters. The molecule has 0 bridgehead atoms. The van der Waals surface area contributed by atoms with Crippen LogP contribution in [0.25, 0.3) is 0 Å². The molecular weight excluding hydrogens is 220 g/mol. The first-order chi connectivity index (χ1) is 7.84. The normalized spacial score (nSPS) is 12.8. The van der Waals surface area contributed by atoms with Crippen LogP contribution >= 0.6 is 11.3 Å². The summed E-state index contributed by atoms with van der Waals surface area (Å²) in [7, 11) is 0. The lowest BCUT2D eigenvalue weighted by atomic mass is 10.1. The van der Waals surface area contributed by atoms with Crippen LogP contribution in [-0.4, -0.2) is 27.4 Å². The smallest absolute Gasteiger partial charge is 0.137 e. The summed E-state index contributed by atoms with van der Waals surface area (Å²) in [6.45, 7) is 4.00. The second-order valence-electron chi connectivity index (χ2n) is 3.85. The molecule has 1 N–H and O–H groups in total. The van der Waals surface area contributed by atoms with Crippen molar-refractivity contribution in [2.75, 3.05) is 6.54 Å². The Balaban J connectivity index is 1.66. The molecule has 0 aliphatic carbocycles. The summed E-state index contributed by atoms with van der Waals surface area (Å²) >= 11 is 1.75. The van der Waals surface area contributed by atoms with E-state index >= 15 is 0 Å². The van der Waals surface area contributed by atoms with Crippen molar-refractivity contribution in [3.05, 3.63) is 35.0 Å². The number of hydrogen-bond donors (Lipinski definition) is 1. The van der Waals surface area contributed by atoms with Crippen LogP contribution in [-0.2, 0) is 13.0 Å². The van der Waals surface area contributed by atoms with Gasteiger partial charge in [0.1, 0.15) is 12.7 Å². The van der Waals surface area contributed by atoms with Gasteiger partial charge >= 0.3 is 0 Å². The van der Waals surface area contributed by atoms with Crippen molar-refractivity contribution in [2.24, 2.45) is 0 Å². The van der Waals surface area contributed by atoms with Gasteiger partial charge in [0.15, 0.2) is 0 Å². The molecule has 4 nitrogen and oxygen atoms in total. The summed E-state index contributed by atoms with van der Waals surface area (Å²) in [5.74, 6) is 0. The minimum Gasteiger partial charge on any atom is -0.312 e. The van der Waals surface area contributed by atoms with Crippen molar-refractivity contribution < 1.29 is 0 Å². The number of hydrogen-bond acceptors (Lipinski definition) is 4. The molecule has 0 aliphatic heterocycles. The summed E-state index contributed by atoms with van der Waals surface area (Å²) in [6.07, 6.45) is 4.39. The first-order valence-electron chi connectivity index (χ1n) is 5.41. The van der Waals surface area contributed by atoms with Crippen molar-refractivity contribution in [3.63, 3.8) is 0 Å². The average Bonchev–Trinajstić information content (AvgIpc) is 2.90. The maximum atomic E-state index is 4.06. The minimum atomic E-state index is 0.498. The molecule has 0 saturated heterocycles. The Morgan fingerprint density at radius 2 is 2.50 bits per heavy atom. The lowest BCUT2D eigenvalue weighted by Crippen LogP contribution is -2.31. The molecule has 0 fully saturated rings. The highest BCUT2D eigenvalue weighted by molar-refractivity contribution is 7.07. The Bertz CT molecular complexity index is 382. The predicted molar refractivity (Wildman–Crippen MR) is 65.5 cm³/mol. The van der Waals surface area contributed by atoms with E-state index < -0.39 is 0 Å². The number of nitrogens with one attached hydrogen (secondary N) is 1. The number of thiophene rings is 1. The Labute approximate surface area is 99.3 Å². The van der Waals surface area contributed by atoms with Gasteiger partial charge in [-0.2, -0.15) is 16.4 Å². The van der Waals surface area contributed by atoms with Crippen LogP contribution in [0, 0.1) is 0 Å². The zero-order valence-corrected chi connectivity index (χ0v) is 10.2. The molecule has 0 radical (unpaired) electrons. The standard InChI is InChI=1S/C11H16N4S/c1-10(6-11-2-5-16-7-11)13-3-4-15-9-12-8-14-15/h2,5,7-10,13H,3-4,6H2,1H3. The molecule has 0 aromatic carbocycles. The molecule has 2 aromatic heterocycles. The fourth-order valence-corrected chi connectivity index (χ4v) is 2.29. The number of aromatic nitrogens is 3. The first kappa shape index (κ1) is 11.3. The van der Waals surface area contributed by atoms with Crippen LogP contribution in [0.5, 0.6) is 0 Å². The van der Waals surface area contributed by atoms with Gasteiger partial charge in [0.2, 0.25) is 0 Å².